The summed E-state index contributed by atoms with van der Waals surface area (Å²) in [5.41, 5.74) is 0.752. The van der Waals surface area contributed by atoms with Crippen molar-refractivity contribution in [1.29, 1.82) is 0 Å². The van der Waals surface area contributed by atoms with Crippen molar-refractivity contribution in [2.45, 2.75) is 32.8 Å². The molecular formula is C26H20BrCl3N4O4. The van der Waals surface area contributed by atoms with Crippen LogP contribution in [0, 0.1) is 10.1 Å². The molecule has 0 N–H and O–H groups in total. The molecule has 0 fully saturated rings. The summed E-state index contributed by atoms with van der Waals surface area (Å²) in [6, 6.07) is 12.9. The number of nitrogens with zero attached hydrogens (tertiary/aromatic N) is 4. The summed E-state index contributed by atoms with van der Waals surface area (Å²) in [7, 11) is 0. The van der Waals surface area contributed by atoms with Gasteiger partial charge in [-0.25, -0.2) is 4.98 Å². The summed E-state index contributed by atoms with van der Waals surface area (Å²) in [5, 5.41) is 17.4. The van der Waals surface area contributed by atoms with Crippen LogP contribution in [0.5, 0.6) is 5.75 Å². The lowest BCUT2D eigenvalue weighted by atomic mass is 10.2. The van der Waals surface area contributed by atoms with Crippen molar-refractivity contribution < 1.29 is 9.66 Å². The number of fused-ring (bicyclic) bond motifs is 1. The maximum atomic E-state index is 13.3. The van der Waals surface area contributed by atoms with Gasteiger partial charge in [-0.3, -0.25) is 14.9 Å². The Bertz CT molecular complexity index is 1620. The molecule has 12 heteroatoms. The van der Waals surface area contributed by atoms with E-state index in [4.69, 9.17) is 39.5 Å². The third kappa shape index (κ3) is 6.35. The van der Waals surface area contributed by atoms with E-state index in [-0.39, 0.29) is 28.6 Å². The molecule has 0 aliphatic carbocycles. The quantitative estimate of drug-likeness (QED) is 0.106. The third-order valence-electron chi connectivity index (χ3n) is 5.58. The van der Waals surface area contributed by atoms with Gasteiger partial charge in [0.2, 0.25) is 5.75 Å². The fourth-order valence-corrected chi connectivity index (χ4v) is 4.78. The van der Waals surface area contributed by atoms with Crippen molar-refractivity contribution in [1.82, 2.24) is 9.66 Å². The minimum atomic E-state index is -0.601. The van der Waals surface area contributed by atoms with Crippen molar-refractivity contribution in [2.24, 2.45) is 5.10 Å². The van der Waals surface area contributed by atoms with Gasteiger partial charge in [0, 0.05) is 38.1 Å². The molecule has 0 saturated carbocycles. The number of hydrogen-bond acceptors (Lipinski definition) is 6. The highest BCUT2D eigenvalue weighted by Gasteiger charge is 2.21. The summed E-state index contributed by atoms with van der Waals surface area (Å²) < 4.78 is 7.63. The predicted octanol–water partition coefficient (Wildman–Crippen LogP) is 7.83. The average molecular weight is 639 g/mol. The second-order valence-corrected chi connectivity index (χ2v) is 10.5. The van der Waals surface area contributed by atoms with Crippen LogP contribution < -0.4 is 10.3 Å². The predicted molar refractivity (Wildman–Crippen MR) is 154 cm³/mol. The first-order valence-corrected chi connectivity index (χ1v) is 13.4. The number of benzene rings is 3. The van der Waals surface area contributed by atoms with Gasteiger partial charge in [-0.15, -0.1) is 0 Å². The van der Waals surface area contributed by atoms with Gasteiger partial charge < -0.3 is 4.74 Å². The van der Waals surface area contributed by atoms with Crippen LogP contribution in [-0.4, -0.2) is 20.8 Å². The summed E-state index contributed by atoms with van der Waals surface area (Å²) in [5.74, 6) is 0.376. The van der Waals surface area contributed by atoms with E-state index >= 15 is 0 Å². The number of nitro groups is 1. The van der Waals surface area contributed by atoms with Gasteiger partial charge in [0.1, 0.15) is 12.4 Å². The molecule has 0 radical (unpaired) electrons. The number of rotatable bonds is 9. The Hall–Kier alpha value is -2.98. The molecule has 0 bridgehead atoms. The Labute approximate surface area is 241 Å². The number of nitro benzene ring substituents is 1. The summed E-state index contributed by atoms with van der Waals surface area (Å²) in [6.45, 7) is 1.98. The van der Waals surface area contributed by atoms with E-state index in [1.807, 2.05) is 13.0 Å². The van der Waals surface area contributed by atoms with Gasteiger partial charge in [0.05, 0.1) is 27.1 Å². The zero-order chi connectivity index (χ0) is 27.4. The van der Waals surface area contributed by atoms with Gasteiger partial charge in [-0.05, 0) is 42.8 Å². The van der Waals surface area contributed by atoms with E-state index in [0.717, 1.165) is 17.3 Å². The first-order valence-electron chi connectivity index (χ1n) is 11.5. The van der Waals surface area contributed by atoms with Crippen LogP contribution in [0.25, 0.3) is 10.9 Å². The van der Waals surface area contributed by atoms with E-state index in [1.54, 1.807) is 30.3 Å². The summed E-state index contributed by atoms with van der Waals surface area (Å²) in [6.07, 6.45) is 3.59. The molecule has 0 unspecified atom stereocenters. The molecule has 0 aliphatic heterocycles. The van der Waals surface area contributed by atoms with Crippen molar-refractivity contribution >= 4 is 73.5 Å². The second kappa shape index (κ2) is 12.3. The number of aromatic nitrogens is 2. The lowest BCUT2D eigenvalue weighted by Crippen LogP contribution is -2.22. The number of unbranched alkanes of at least 4 members (excludes halogenated alkanes) is 1. The molecule has 4 aromatic rings. The lowest BCUT2D eigenvalue weighted by molar-refractivity contribution is -0.385. The second-order valence-electron chi connectivity index (χ2n) is 8.29. The maximum absolute atomic E-state index is 13.3. The average Bonchev–Trinajstić information content (AvgIpc) is 2.87. The van der Waals surface area contributed by atoms with Crippen LogP contribution in [-0.2, 0) is 13.0 Å². The molecule has 8 nitrogen and oxygen atoms in total. The van der Waals surface area contributed by atoms with E-state index < -0.39 is 4.92 Å². The minimum Gasteiger partial charge on any atom is -0.481 e. The molecule has 3 aromatic carbocycles. The van der Waals surface area contributed by atoms with Crippen molar-refractivity contribution in [2.75, 3.05) is 0 Å². The minimum absolute atomic E-state index is 0.00450. The van der Waals surface area contributed by atoms with Crippen molar-refractivity contribution in [3.05, 3.63) is 105 Å². The molecule has 0 atom stereocenters. The van der Waals surface area contributed by atoms with Crippen LogP contribution in [0.4, 0.5) is 5.69 Å². The highest BCUT2D eigenvalue weighted by molar-refractivity contribution is 9.10. The molecule has 0 aliphatic rings. The Balaban J connectivity index is 1.71. The van der Waals surface area contributed by atoms with E-state index in [1.165, 1.54) is 23.0 Å². The molecule has 38 heavy (non-hydrogen) atoms. The molecule has 0 saturated heterocycles. The number of aryl methyl sites for hydroxylation is 1. The van der Waals surface area contributed by atoms with Crippen molar-refractivity contribution in [3.8, 4) is 5.75 Å². The SMILES string of the molecule is CCCCc1nc2ccc(Br)cc2c(=O)n1N=Cc1cc(Cl)c(OCc2ccc(Cl)cc2Cl)c([N+](=O)[O-])c1. The highest BCUT2D eigenvalue weighted by atomic mass is 79.9. The monoisotopic (exact) mass is 636 g/mol. The van der Waals surface area contributed by atoms with E-state index in [0.29, 0.717) is 44.3 Å². The topological polar surface area (TPSA) is 99.6 Å². The highest BCUT2D eigenvalue weighted by Crippen LogP contribution is 2.37. The first-order chi connectivity index (χ1) is 18.2. The fraction of sp³-hybridized carbons (Fsp3) is 0.192. The fourth-order valence-electron chi connectivity index (χ4n) is 3.68. The zero-order valence-corrected chi connectivity index (χ0v) is 23.8. The lowest BCUT2D eigenvalue weighted by Gasteiger charge is -2.11. The first kappa shape index (κ1) is 28.0. The Kier molecular flexibility index (Phi) is 9.04. The van der Waals surface area contributed by atoms with Crippen LogP contribution >= 0.6 is 50.7 Å². The Morgan fingerprint density at radius 2 is 1.92 bits per heavy atom. The number of hydrogen-bond donors (Lipinski definition) is 0. The van der Waals surface area contributed by atoms with Gasteiger partial charge >= 0.3 is 5.69 Å². The third-order valence-corrected chi connectivity index (χ3v) is 6.94. The molecule has 1 heterocycles. The normalized spacial score (nSPS) is 11.4. The summed E-state index contributed by atoms with van der Waals surface area (Å²) in [4.78, 5) is 29.1. The van der Waals surface area contributed by atoms with Crippen LogP contribution in [0.2, 0.25) is 15.1 Å². The van der Waals surface area contributed by atoms with Crippen LogP contribution in [0.3, 0.4) is 0 Å². The maximum Gasteiger partial charge on any atom is 0.313 e. The number of halogens is 4. The van der Waals surface area contributed by atoms with Gasteiger partial charge in [0.15, 0.2) is 0 Å². The van der Waals surface area contributed by atoms with Gasteiger partial charge in [-0.2, -0.15) is 9.78 Å². The standard InChI is InChI=1S/C26H20BrCl3N4O4/c1-2-3-4-24-32-22-8-6-17(27)11-19(22)26(35)33(24)31-13-15-9-21(30)25(23(10-15)34(36)37)38-14-16-5-7-18(28)12-20(16)29/h5-13H,2-4,14H2,1H3. The van der Waals surface area contributed by atoms with Crippen LogP contribution in [0.1, 0.15) is 36.7 Å². The molecule has 1 aromatic heterocycles. The van der Waals surface area contributed by atoms with E-state index in [2.05, 4.69) is 26.0 Å². The Morgan fingerprint density at radius 3 is 2.63 bits per heavy atom. The number of ether oxygens (including phenoxy) is 1. The van der Waals surface area contributed by atoms with Gasteiger partial charge in [0.25, 0.3) is 5.56 Å². The molecular weight excluding hydrogens is 619 g/mol. The van der Waals surface area contributed by atoms with Gasteiger partial charge in [-0.1, -0.05) is 70.1 Å². The molecule has 0 spiro atoms. The molecule has 0 amide bonds. The molecule has 4 rings (SSSR count). The van der Waals surface area contributed by atoms with Crippen LogP contribution in [0.15, 0.2) is 62.9 Å². The van der Waals surface area contributed by atoms with E-state index in [9.17, 15) is 14.9 Å². The Morgan fingerprint density at radius 1 is 1.13 bits per heavy atom. The summed E-state index contributed by atoms with van der Waals surface area (Å²) >= 11 is 21.9. The largest absolute Gasteiger partial charge is 0.481 e. The van der Waals surface area contributed by atoms with Crippen molar-refractivity contribution in [3.63, 3.8) is 0 Å². The smallest absolute Gasteiger partial charge is 0.313 e. The zero-order valence-electron chi connectivity index (χ0n) is 20.0. The molecule has 196 valence electrons.